The number of para-hydroxylation sites is 2. The summed E-state index contributed by atoms with van der Waals surface area (Å²) in [7, 11) is 0. The highest BCUT2D eigenvalue weighted by atomic mass is 16.6. The van der Waals surface area contributed by atoms with Crippen LogP contribution in [0.25, 0.3) is 16.8 Å². The van der Waals surface area contributed by atoms with E-state index in [1.807, 2.05) is 30.3 Å². The maximum atomic E-state index is 13.9. The Morgan fingerprint density at radius 2 is 1.30 bits per heavy atom. The first-order chi connectivity index (χ1) is 20.9. The van der Waals surface area contributed by atoms with Crippen LogP contribution in [0, 0.1) is 10.1 Å². The summed E-state index contributed by atoms with van der Waals surface area (Å²) in [6.45, 7) is 0.00283. The maximum Gasteiger partial charge on any atom is 0.343 e. The van der Waals surface area contributed by atoms with Crippen LogP contribution in [0.15, 0.2) is 127 Å². The van der Waals surface area contributed by atoms with Crippen LogP contribution in [0.2, 0.25) is 0 Å². The normalized spacial score (nSPS) is 13.4. The number of fused-ring (bicyclic) bond motifs is 1. The first kappa shape index (κ1) is 27.1. The number of benzene rings is 5. The average molecular weight is 570 g/mol. The fraction of sp³-hybridized carbons (Fsp3) is 0.0294. The molecule has 4 amide bonds. The number of ether oxygens (including phenoxy) is 1. The smallest absolute Gasteiger partial charge is 0.343 e. The topological polar surface area (TPSA) is 110 Å². The van der Waals surface area contributed by atoms with Crippen LogP contribution >= 0.6 is 0 Å². The molecule has 0 N–H and O–H groups in total. The molecule has 1 aliphatic heterocycles. The summed E-state index contributed by atoms with van der Waals surface area (Å²) >= 11 is 0. The summed E-state index contributed by atoms with van der Waals surface area (Å²) in [5.41, 5.74) is 1.36. The van der Waals surface area contributed by atoms with Gasteiger partial charge in [-0.25, -0.2) is 14.6 Å². The minimum Gasteiger partial charge on any atom is -0.488 e. The van der Waals surface area contributed by atoms with Crippen LogP contribution in [0.1, 0.15) is 11.1 Å². The maximum absolute atomic E-state index is 13.9. The monoisotopic (exact) mass is 569 g/mol. The number of carbonyl (C=O) groups excluding carboxylic acids is 3. The summed E-state index contributed by atoms with van der Waals surface area (Å²) in [4.78, 5) is 54.3. The molecule has 0 saturated carbocycles. The van der Waals surface area contributed by atoms with Gasteiger partial charge in [0.15, 0.2) is 0 Å². The lowest BCUT2D eigenvalue weighted by Crippen LogP contribution is -2.57. The lowest BCUT2D eigenvalue weighted by molar-refractivity contribution is -0.384. The van der Waals surface area contributed by atoms with Gasteiger partial charge >= 0.3 is 6.03 Å². The van der Waals surface area contributed by atoms with Crippen LogP contribution < -0.4 is 14.5 Å². The van der Waals surface area contributed by atoms with E-state index in [9.17, 15) is 24.5 Å². The molecular weight excluding hydrogens is 546 g/mol. The number of nitrogens with zero attached hydrogens (tertiary/aromatic N) is 3. The Bertz CT molecular complexity index is 1860. The number of rotatable bonds is 7. The van der Waals surface area contributed by atoms with Gasteiger partial charge in [-0.3, -0.25) is 19.7 Å². The van der Waals surface area contributed by atoms with Crippen LogP contribution in [-0.2, 0) is 16.2 Å². The summed E-state index contributed by atoms with van der Waals surface area (Å²) in [6.07, 6.45) is 1.45. The van der Waals surface area contributed by atoms with Gasteiger partial charge in [-0.2, -0.15) is 0 Å². The number of non-ortho nitro benzene ring substituents is 1. The van der Waals surface area contributed by atoms with E-state index in [-0.39, 0.29) is 17.9 Å². The molecule has 1 aliphatic rings. The van der Waals surface area contributed by atoms with Crippen LogP contribution in [0.4, 0.5) is 21.9 Å². The molecule has 0 radical (unpaired) electrons. The van der Waals surface area contributed by atoms with Crippen molar-refractivity contribution in [2.24, 2.45) is 0 Å². The van der Waals surface area contributed by atoms with Crippen molar-refractivity contribution in [3.8, 4) is 5.75 Å². The highest BCUT2D eigenvalue weighted by Gasteiger charge is 2.43. The minimum absolute atomic E-state index is 0.00283. The van der Waals surface area contributed by atoms with Crippen LogP contribution in [0.5, 0.6) is 5.75 Å². The highest BCUT2D eigenvalue weighted by Crippen LogP contribution is 2.34. The van der Waals surface area contributed by atoms with Crippen molar-refractivity contribution in [1.29, 1.82) is 0 Å². The van der Waals surface area contributed by atoms with Gasteiger partial charge in [0.25, 0.3) is 17.5 Å². The average Bonchev–Trinajstić information content (AvgIpc) is 3.03. The summed E-state index contributed by atoms with van der Waals surface area (Å²) in [6, 6.07) is 33.1. The number of urea groups is 1. The zero-order chi connectivity index (χ0) is 29.9. The molecule has 210 valence electrons. The van der Waals surface area contributed by atoms with Gasteiger partial charge in [-0.1, -0.05) is 78.9 Å². The number of anilines is 2. The number of amides is 4. The van der Waals surface area contributed by atoms with Crippen molar-refractivity contribution in [2.45, 2.75) is 6.61 Å². The molecule has 0 aliphatic carbocycles. The molecule has 0 unspecified atom stereocenters. The molecule has 9 heteroatoms. The number of carbonyl (C=O) groups is 3. The van der Waals surface area contributed by atoms with E-state index in [1.54, 1.807) is 78.9 Å². The van der Waals surface area contributed by atoms with E-state index in [2.05, 4.69) is 0 Å². The van der Waals surface area contributed by atoms with Crippen LogP contribution in [-0.4, -0.2) is 22.8 Å². The van der Waals surface area contributed by atoms with Crippen molar-refractivity contribution in [2.75, 3.05) is 9.80 Å². The van der Waals surface area contributed by atoms with E-state index in [0.717, 1.165) is 15.2 Å². The Morgan fingerprint density at radius 3 is 1.93 bits per heavy atom. The predicted octanol–water partition coefficient (Wildman–Crippen LogP) is 6.91. The fourth-order valence-electron chi connectivity index (χ4n) is 4.95. The largest absolute Gasteiger partial charge is 0.488 e. The number of nitro benzene ring substituents is 1. The van der Waals surface area contributed by atoms with Gasteiger partial charge in [0.05, 0.1) is 16.3 Å². The first-order valence-electron chi connectivity index (χ1n) is 13.3. The Morgan fingerprint density at radius 1 is 0.698 bits per heavy atom. The third-order valence-electron chi connectivity index (χ3n) is 7.01. The lowest BCUT2D eigenvalue weighted by atomic mass is 9.99. The van der Waals surface area contributed by atoms with Crippen molar-refractivity contribution < 1.29 is 24.0 Å². The van der Waals surface area contributed by atoms with Gasteiger partial charge in [-0.15, -0.1) is 0 Å². The third kappa shape index (κ3) is 5.22. The molecule has 0 spiro atoms. The summed E-state index contributed by atoms with van der Waals surface area (Å²) in [5.74, 6) is -1.19. The predicted molar refractivity (Wildman–Crippen MR) is 163 cm³/mol. The second-order valence-corrected chi connectivity index (χ2v) is 9.71. The number of hydrogen-bond donors (Lipinski definition) is 0. The van der Waals surface area contributed by atoms with Crippen molar-refractivity contribution in [3.63, 3.8) is 0 Å². The zero-order valence-electron chi connectivity index (χ0n) is 22.6. The van der Waals surface area contributed by atoms with E-state index in [1.165, 1.54) is 18.2 Å². The number of hydrogen-bond acceptors (Lipinski definition) is 6. The molecule has 9 nitrogen and oxygen atoms in total. The molecule has 1 fully saturated rings. The second-order valence-electron chi connectivity index (χ2n) is 9.71. The summed E-state index contributed by atoms with van der Waals surface area (Å²) in [5, 5.41) is 12.8. The lowest BCUT2D eigenvalue weighted by Gasteiger charge is -2.34. The second kappa shape index (κ2) is 11.4. The van der Waals surface area contributed by atoms with Crippen molar-refractivity contribution in [1.82, 2.24) is 0 Å². The number of imide groups is 2. The Labute approximate surface area is 246 Å². The molecular formula is C34H23N3O6. The third-order valence-corrected chi connectivity index (χ3v) is 7.01. The van der Waals surface area contributed by atoms with Crippen molar-refractivity contribution in [3.05, 3.63) is 148 Å². The first-order valence-corrected chi connectivity index (χ1v) is 13.3. The molecule has 0 aromatic heterocycles. The number of barbiturate groups is 1. The molecule has 43 heavy (non-hydrogen) atoms. The Hall–Kier alpha value is -6.09. The molecule has 0 atom stereocenters. The Kier molecular flexibility index (Phi) is 7.20. The van der Waals surface area contributed by atoms with E-state index >= 15 is 0 Å². The van der Waals surface area contributed by atoms with Gasteiger partial charge in [0.1, 0.15) is 17.9 Å². The molecule has 5 aromatic rings. The zero-order valence-corrected chi connectivity index (χ0v) is 22.6. The van der Waals surface area contributed by atoms with E-state index in [0.29, 0.717) is 33.6 Å². The minimum atomic E-state index is -0.787. The Balaban J connectivity index is 1.48. The van der Waals surface area contributed by atoms with Gasteiger partial charge in [0, 0.05) is 17.7 Å². The quantitative estimate of drug-likeness (QED) is 0.0912. The van der Waals surface area contributed by atoms with Gasteiger partial charge < -0.3 is 4.74 Å². The van der Waals surface area contributed by atoms with Crippen LogP contribution in [0.3, 0.4) is 0 Å². The molecule has 1 heterocycles. The molecule has 1 saturated heterocycles. The van der Waals surface area contributed by atoms with Crippen molar-refractivity contribution >= 4 is 51.8 Å². The SMILES string of the molecule is O=C1C(=Cc2c(OCc3cccc([N+](=O)[O-])c3)ccc3ccccc23)C(=O)N(c2ccccc2)C(=O)N1c1ccccc1. The fourth-order valence-corrected chi connectivity index (χ4v) is 4.95. The molecule has 5 aromatic carbocycles. The molecule has 6 rings (SSSR count). The van der Waals surface area contributed by atoms with Gasteiger partial charge in [-0.05, 0) is 52.7 Å². The molecule has 0 bridgehead atoms. The van der Waals surface area contributed by atoms with E-state index in [4.69, 9.17) is 4.74 Å². The summed E-state index contributed by atoms with van der Waals surface area (Å²) < 4.78 is 6.14. The van der Waals surface area contributed by atoms with E-state index < -0.39 is 22.8 Å². The number of nitro groups is 1. The standard InChI is InChI=1S/C34H23N3O6/c38-32-30(33(39)36(26-14-5-2-6-15-26)34(40)35(32)25-12-3-1-4-13-25)21-29-28-17-8-7-11-24(28)18-19-31(29)43-22-23-10-9-16-27(20-23)37(41)42/h1-21H,22H2. The van der Waals surface area contributed by atoms with Gasteiger partial charge in [0.2, 0.25) is 0 Å². The highest BCUT2D eigenvalue weighted by molar-refractivity contribution is 6.46.